The molecule has 1 aliphatic carbocycles. The number of carbonyl (C=O) groups excluding carboxylic acids is 1. The topological polar surface area (TPSA) is 53.0 Å². The van der Waals surface area contributed by atoms with E-state index >= 15 is 0 Å². The van der Waals surface area contributed by atoms with Gasteiger partial charge in [0, 0.05) is 36.8 Å². The fraction of sp³-hybridized carbons (Fsp3) is 0.552. The van der Waals surface area contributed by atoms with Crippen molar-refractivity contribution in [1.29, 1.82) is 0 Å². The van der Waals surface area contributed by atoms with Crippen LogP contribution in [0.4, 0.5) is 17.6 Å². The van der Waals surface area contributed by atoms with E-state index in [4.69, 9.17) is 4.74 Å². The SMILES string of the molecule is O=C(c1ccc(-c2ccc(OCC3CCN(CC4(C(F)(F)F)CCC4)CC3)cc2F)cc1)N1CCC(O)C1. The van der Waals surface area contributed by atoms with Crippen LogP contribution in [-0.2, 0) is 0 Å². The third kappa shape index (κ3) is 5.69. The molecule has 5 rings (SSSR count). The zero-order valence-corrected chi connectivity index (χ0v) is 21.4. The summed E-state index contributed by atoms with van der Waals surface area (Å²) in [6.07, 6.45) is -1.42. The van der Waals surface area contributed by atoms with E-state index < -0.39 is 23.5 Å². The number of halogens is 4. The lowest BCUT2D eigenvalue weighted by Crippen LogP contribution is -2.53. The van der Waals surface area contributed by atoms with Crippen molar-refractivity contribution in [3.8, 4) is 16.9 Å². The van der Waals surface area contributed by atoms with Crippen LogP contribution < -0.4 is 4.74 Å². The Morgan fingerprint density at radius 3 is 2.29 bits per heavy atom. The summed E-state index contributed by atoms with van der Waals surface area (Å²) in [6, 6.07) is 11.5. The van der Waals surface area contributed by atoms with Crippen molar-refractivity contribution >= 4 is 5.91 Å². The number of rotatable bonds is 7. The number of β-amino-alcohol motifs (C(OH)–C–C–N with tert-alkyl or cyclic N) is 1. The highest BCUT2D eigenvalue weighted by molar-refractivity contribution is 5.95. The number of carbonyl (C=O) groups is 1. The molecule has 9 heteroatoms. The molecule has 1 unspecified atom stereocenters. The Morgan fingerprint density at radius 2 is 1.74 bits per heavy atom. The number of nitrogens with zero attached hydrogens (tertiary/aromatic N) is 2. The normalized spacial score (nSPS) is 22.3. The first-order valence-corrected chi connectivity index (χ1v) is 13.4. The van der Waals surface area contributed by atoms with Gasteiger partial charge in [0.05, 0.1) is 18.1 Å². The van der Waals surface area contributed by atoms with Crippen LogP contribution in [0.1, 0.15) is 48.9 Å². The van der Waals surface area contributed by atoms with Gasteiger partial charge in [-0.3, -0.25) is 4.79 Å². The molecule has 0 bridgehead atoms. The lowest BCUT2D eigenvalue weighted by Gasteiger charge is -2.47. The molecular formula is C29H34F4N2O3. The summed E-state index contributed by atoms with van der Waals surface area (Å²) >= 11 is 0. The molecule has 3 aliphatic rings. The zero-order chi connectivity index (χ0) is 26.9. The molecule has 0 spiro atoms. The van der Waals surface area contributed by atoms with Gasteiger partial charge in [-0.25, -0.2) is 4.39 Å². The van der Waals surface area contributed by atoms with Crippen molar-refractivity contribution in [3.63, 3.8) is 0 Å². The van der Waals surface area contributed by atoms with Gasteiger partial charge < -0.3 is 19.6 Å². The maximum Gasteiger partial charge on any atom is 0.395 e. The fourth-order valence-electron chi connectivity index (χ4n) is 5.81. The maximum absolute atomic E-state index is 14.9. The Balaban J connectivity index is 1.11. The molecule has 1 N–H and O–H groups in total. The van der Waals surface area contributed by atoms with Crippen LogP contribution in [0.25, 0.3) is 11.1 Å². The molecule has 2 aromatic carbocycles. The van der Waals surface area contributed by atoms with Gasteiger partial charge in [-0.05, 0) is 80.9 Å². The fourth-order valence-corrected chi connectivity index (χ4v) is 5.81. The largest absolute Gasteiger partial charge is 0.493 e. The van der Waals surface area contributed by atoms with E-state index in [1.165, 1.54) is 6.07 Å². The van der Waals surface area contributed by atoms with E-state index in [-0.39, 0.29) is 31.2 Å². The van der Waals surface area contributed by atoms with Crippen LogP contribution in [-0.4, -0.2) is 72.4 Å². The lowest BCUT2D eigenvalue weighted by atomic mass is 9.67. The summed E-state index contributed by atoms with van der Waals surface area (Å²) in [4.78, 5) is 16.1. The Labute approximate surface area is 220 Å². The van der Waals surface area contributed by atoms with Gasteiger partial charge in [0.1, 0.15) is 11.6 Å². The number of hydrogen-bond acceptors (Lipinski definition) is 4. The van der Waals surface area contributed by atoms with Crippen molar-refractivity contribution in [3.05, 3.63) is 53.8 Å². The summed E-state index contributed by atoms with van der Waals surface area (Å²) in [5.41, 5.74) is 0.0111. The molecule has 0 aromatic heterocycles. The van der Waals surface area contributed by atoms with Crippen LogP contribution in [0.15, 0.2) is 42.5 Å². The molecule has 1 amide bonds. The molecule has 2 aromatic rings. The summed E-state index contributed by atoms with van der Waals surface area (Å²) in [5, 5.41) is 9.65. The number of aliphatic hydroxyl groups excluding tert-OH is 1. The molecule has 206 valence electrons. The molecule has 5 nitrogen and oxygen atoms in total. The molecule has 0 radical (unpaired) electrons. The number of amides is 1. The minimum Gasteiger partial charge on any atom is -0.493 e. The number of benzene rings is 2. The predicted molar refractivity (Wildman–Crippen MR) is 135 cm³/mol. The van der Waals surface area contributed by atoms with Crippen LogP contribution in [0, 0.1) is 17.2 Å². The van der Waals surface area contributed by atoms with Crippen LogP contribution in [0.3, 0.4) is 0 Å². The van der Waals surface area contributed by atoms with Crippen LogP contribution in [0.2, 0.25) is 0 Å². The standard InChI is InChI=1S/C29H34F4N2O3/c30-26-16-24(38-18-20-8-13-34(14-9-20)19-28(11-1-12-28)29(31,32)33)6-7-25(26)21-2-4-22(5-3-21)27(37)35-15-10-23(36)17-35/h2-7,16,20,23,36H,1,8-15,17-19H2. The highest BCUT2D eigenvalue weighted by Crippen LogP contribution is 2.53. The first kappa shape index (κ1) is 26.9. The number of aliphatic hydroxyl groups is 1. The van der Waals surface area contributed by atoms with Crippen molar-refractivity contribution < 1.29 is 32.2 Å². The number of alkyl halides is 3. The Morgan fingerprint density at radius 1 is 1.03 bits per heavy atom. The average Bonchev–Trinajstić information content (AvgIpc) is 3.31. The lowest BCUT2D eigenvalue weighted by molar-refractivity contribution is -0.256. The van der Waals surface area contributed by atoms with Crippen molar-refractivity contribution in [2.45, 2.75) is 50.8 Å². The third-order valence-electron chi connectivity index (χ3n) is 8.47. The second-order valence-corrected chi connectivity index (χ2v) is 11.1. The smallest absolute Gasteiger partial charge is 0.395 e. The van der Waals surface area contributed by atoms with Gasteiger partial charge >= 0.3 is 6.18 Å². The number of likely N-dealkylation sites (tertiary alicyclic amines) is 2. The number of hydrogen-bond donors (Lipinski definition) is 1. The van der Waals surface area contributed by atoms with Crippen LogP contribution >= 0.6 is 0 Å². The molecule has 1 atom stereocenters. The highest BCUT2D eigenvalue weighted by atomic mass is 19.4. The molecule has 2 saturated heterocycles. The summed E-state index contributed by atoms with van der Waals surface area (Å²) < 4.78 is 61.2. The first-order valence-electron chi connectivity index (χ1n) is 13.4. The van der Waals surface area contributed by atoms with Gasteiger partial charge in [0.2, 0.25) is 0 Å². The van der Waals surface area contributed by atoms with Gasteiger partial charge in [-0.1, -0.05) is 18.6 Å². The minimum absolute atomic E-state index is 0.0905. The second-order valence-electron chi connectivity index (χ2n) is 11.1. The minimum atomic E-state index is -4.14. The Bertz CT molecular complexity index is 1130. The van der Waals surface area contributed by atoms with Crippen molar-refractivity contribution in [2.24, 2.45) is 11.3 Å². The zero-order valence-electron chi connectivity index (χ0n) is 21.4. The predicted octanol–water partition coefficient (Wildman–Crippen LogP) is 5.52. The van der Waals surface area contributed by atoms with Crippen molar-refractivity contribution in [1.82, 2.24) is 9.80 Å². The van der Waals surface area contributed by atoms with E-state index in [1.54, 1.807) is 41.3 Å². The van der Waals surface area contributed by atoms with E-state index in [0.29, 0.717) is 68.1 Å². The molecule has 2 heterocycles. The van der Waals surface area contributed by atoms with E-state index in [1.807, 2.05) is 4.90 Å². The highest BCUT2D eigenvalue weighted by Gasteiger charge is 2.58. The quantitative estimate of drug-likeness (QED) is 0.475. The molecule has 3 fully saturated rings. The van der Waals surface area contributed by atoms with Gasteiger partial charge in [0.25, 0.3) is 5.91 Å². The van der Waals surface area contributed by atoms with Crippen LogP contribution in [0.5, 0.6) is 5.75 Å². The van der Waals surface area contributed by atoms with Gasteiger partial charge in [0.15, 0.2) is 0 Å². The first-order chi connectivity index (χ1) is 18.1. The molecule has 2 aliphatic heterocycles. The molecule has 38 heavy (non-hydrogen) atoms. The van der Waals surface area contributed by atoms with E-state index in [0.717, 1.165) is 12.8 Å². The second kappa shape index (κ2) is 10.8. The van der Waals surface area contributed by atoms with E-state index in [2.05, 4.69) is 0 Å². The van der Waals surface area contributed by atoms with Crippen molar-refractivity contribution in [2.75, 3.05) is 39.3 Å². The number of piperidine rings is 1. The third-order valence-corrected chi connectivity index (χ3v) is 8.47. The Kier molecular flexibility index (Phi) is 7.69. The summed E-state index contributed by atoms with van der Waals surface area (Å²) in [5.74, 6) is 0.0561. The van der Waals surface area contributed by atoms with E-state index in [9.17, 15) is 27.5 Å². The summed E-state index contributed by atoms with van der Waals surface area (Å²) in [6.45, 7) is 2.59. The van der Waals surface area contributed by atoms with Gasteiger partial charge in [-0.15, -0.1) is 0 Å². The average molecular weight is 535 g/mol. The molecule has 1 saturated carbocycles. The molecular weight excluding hydrogens is 500 g/mol. The monoisotopic (exact) mass is 534 g/mol. The Hall–Kier alpha value is -2.65. The maximum atomic E-state index is 14.9. The number of ether oxygens (including phenoxy) is 1. The van der Waals surface area contributed by atoms with Gasteiger partial charge in [-0.2, -0.15) is 13.2 Å². The summed E-state index contributed by atoms with van der Waals surface area (Å²) in [7, 11) is 0.